The Kier molecular flexibility index (Phi) is 3.09. The van der Waals surface area contributed by atoms with Crippen molar-refractivity contribution in [3.05, 3.63) is 34.3 Å². The van der Waals surface area contributed by atoms with E-state index < -0.39 is 0 Å². The lowest BCUT2D eigenvalue weighted by atomic mass is 10.1. The minimum absolute atomic E-state index is 0.0806. The van der Waals surface area contributed by atoms with Crippen LogP contribution < -0.4 is 5.73 Å². The van der Waals surface area contributed by atoms with E-state index >= 15 is 0 Å². The van der Waals surface area contributed by atoms with Gasteiger partial charge in [0.15, 0.2) is 0 Å². The molecule has 0 spiro atoms. The molecule has 3 heteroatoms. The van der Waals surface area contributed by atoms with Crippen LogP contribution in [0.5, 0.6) is 0 Å². The minimum Gasteiger partial charge on any atom is -0.394 e. The van der Waals surface area contributed by atoms with Crippen LogP contribution in [0, 0.1) is 6.92 Å². The SMILES string of the molecule is Cc1ccc([C@@H](N)CO)c(Cl)c1. The first-order valence-electron chi connectivity index (χ1n) is 3.77. The molecule has 12 heavy (non-hydrogen) atoms. The molecule has 0 unspecified atom stereocenters. The second-order valence-electron chi connectivity index (χ2n) is 2.81. The molecule has 0 fully saturated rings. The van der Waals surface area contributed by atoms with Crippen molar-refractivity contribution in [1.82, 2.24) is 0 Å². The van der Waals surface area contributed by atoms with Crippen LogP contribution in [0.4, 0.5) is 0 Å². The summed E-state index contributed by atoms with van der Waals surface area (Å²) in [6.07, 6.45) is 0. The highest BCUT2D eigenvalue weighted by Gasteiger charge is 2.07. The smallest absolute Gasteiger partial charge is 0.0624 e. The second kappa shape index (κ2) is 3.90. The van der Waals surface area contributed by atoms with Crippen LogP contribution in [-0.4, -0.2) is 11.7 Å². The van der Waals surface area contributed by atoms with Crippen LogP contribution in [0.15, 0.2) is 18.2 Å². The minimum atomic E-state index is -0.377. The summed E-state index contributed by atoms with van der Waals surface area (Å²) in [5.74, 6) is 0. The molecule has 0 radical (unpaired) electrons. The summed E-state index contributed by atoms with van der Waals surface area (Å²) >= 11 is 5.91. The summed E-state index contributed by atoms with van der Waals surface area (Å²) in [7, 11) is 0. The highest BCUT2D eigenvalue weighted by Crippen LogP contribution is 2.22. The molecule has 1 aromatic rings. The maximum Gasteiger partial charge on any atom is 0.0624 e. The van der Waals surface area contributed by atoms with Crippen molar-refractivity contribution in [3.63, 3.8) is 0 Å². The quantitative estimate of drug-likeness (QED) is 0.736. The Balaban J connectivity index is 3.01. The predicted octanol–water partition coefficient (Wildman–Crippen LogP) is 1.64. The molecule has 1 atom stereocenters. The molecule has 3 N–H and O–H groups in total. The van der Waals surface area contributed by atoms with Gasteiger partial charge in [-0.2, -0.15) is 0 Å². The fourth-order valence-corrected chi connectivity index (χ4v) is 1.41. The lowest BCUT2D eigenvalue weighted by molar-refractivity contribution is 0.268. The number of hydrogen-bond acceptors (Lipinski definition) is 2. The van der Waals surface area contributed by atoms with E-state index in [9.17, 15) is 0 Å². The second-order valence-corrected chi connectivity index (χ2v) is 3.22. The van der Waals surface area contributed by atoms with E-state index in [1.165, 1.54) is 0 Å². The van der Waals surface area contributed by atoms with Crippen molar-refractivity contribution in [2.75, 3.05) is 6.61 Å². The Morgan fingerprint density at radius 2 is 2.25 bits per heavy atom. The zero-order valence-corrected chi connectivity index (χ0v) is 7.67. The monoisotopic (exact) mass is 185 g/mol. The topological polar surface area (TPSA) is 46.2 Å². The molecule has 1 rings (SSSR count). The molecule has 1 aromatic carbocycles. The Bertz CT molecular complexity index is 275. The van der Waals surface area contributed by atoms with Crippen molar-refractivity contribution in [2.45, 2.75) is 13.0 Å². The molecular formula is C9H12ClNO. The van der Waals surface area contributed by atoms with E-state index in [4.69, 9.17) is 22.4 Å². The van der Waals surface area contributed by atoms with Crippen LogP contribution >= 0.6 is 11.6 Å². The van der Waals surface area contributed by atoms with Gasteiger partial charge in [0.05, 0.1) is 12.6 Å². The summed E-state index contributed by atoms with van der Waals surface area (Å²) in [4.78, 5) is 0. The average Bonchev–Trinajstić information content (AvgIpc) is 2.03. The number of nitrogens with two attached hydrogens (primary N) is 1. The van der Waals surface area contributed by atoms with Gasteiger partial charge < -0.3 is 10.8 Å². The molecule has 0 saturated carbocycles. The van der Waals surface area contributed by atoms with Gasteiger partial charge in [0.1, 0.15) is 0 Å². The lowest BCUT2D eigenvalue weighted by Crippen LogP contribution is -2.14. The van der Waals surface area contributed by atoms with E-state index in [0.29, 0.717) is 5.02 Å². The molecule has 0 aliphatic heterocycles. The zero-order valence-electron chi connectivity index (χ0n) is 6.92. The third-order valence-corrected chi connectivity index (χ3v) is 2.08. The number of aliphatic hydroxyl groups is 1. The van der Waals surface area contributed by atoms with Gasteiger partial charge in [-0.1, -0.05) is 23.7 Å². The first kappa shape index (κ1) is 9.52. The maximum atomic E-state index is 8.80. The lowest BCUT2D eigenvalue weighted by Gasteiger charge is -2.10. The summed E-state index contributed by atoms with van der Waals surface area (Å²) in [5, 5.41) is 9.42. The Hall–Kier alpha value is -0.570. The van der Waals surface area contributed by atoms with Crippen molar-refractivity contribution in [1.29, 1.82) is 0 Å². The van der Waals surface area contributed by atoms with Gasteiger partial charge in [0.25, 0.3) is 0 Å². The van der Waals surface area contributed by atoms with Gasteiger partial charge in [0.2, 0.25) is 0 Å². The van der Waals surface area contributed by atoms with E-state index in [1.54, 1.807) is 0 Å². The first-order valence-corrected chi connectivity index (χ1v) is 4.15. The molecular weight excluding hydrogens is 174 g/mol. The Labute approximate surface area is 77.0 Å². The summed E-state index contributed by atoms with van der Waals surface area (Å²) in [6.45, 7) is 1.88. The number of rotatable bonds is 2. The number of hydrogen-bond donors (Lipinski definition) is 2. The van der Waals surface area contributed by atoms with Crippen LogP contribution in [0.25, 0.3) is 0 Å². The fourth-order valence-electron chi connectivity index (χ4n) is 1.03. The Morgan fingerprint density at radius 3 is 2.75 bits per heavy atom. The zero-order chi connectivity index (χ0) is 9.14. The van der Waals surface area contributed by atoms with E-state index in [2.05, 4.69) is 0 Å². The normalized spacial score (nSPS) is 13.0. The third kappa shape index (κ3) is 1.97. The van der Waals surface area contributed by atoms with Gasteiger partial charge in [-0.05, 0) is 24.1 Å². The van der Waals surface area contributed by atoms with Gasteiger partial charge in [-0.15, -0.1) is 0 Å². The number of halogens is 1. The van der Waals surface area contributed by atoms with Crippen LogP contribution in [-0.2, 0) is 0 Å². The summed E-state index contributed by atoms with van der Waals surface area (Å²) in [5.41, 5.74) is 7.50. The maximum absolute atomic E-state index is 8.80. The van der Waals surface area contributed by atoms with Crippen LogP contribution in [0.1, 0.15) is 17.2 Å². The Morgan fingerprint density at radius 1 is 1.58 bits per heavy atom. The van der Waals surface area contributed by atoms with Crippen molar-refractivity contribution >= 4 is 11.6 Å². The third-order valence-electron chi connectivity index (χ3n) is 1.75. The molecule has 0 aromatic heterocycles. The highest BCUT2D eigenvalue weighted by molar-refractivity contribution is 6.31. The van der Waals surface area contributed by atoms with Gasteiger partial charge in [0, 0.05) is 5.02 Å². The summed E-state index contributed by atoms with van der Waals surface area (Å²) in [6, 6.07) is 5.24. The molecule has 0 aliphatic rings. The van der Waals surface area contributed by atoms with Gasteiger partial charge >= 0.3 is 0 Å². The van der Waals surface area contributed by atoms with Gasteiger partial charge in [-0.25, -0.2) is 0 Å². The highest BCUT2D eigenvalue weighted by atomic mass is 35.5. The first-order chi connectivity index (χ1) is 5.65. The largest absolute Gasteiger partial charge is 0.394 e. The molecule has 0 heterocycles. The average molecular weight is 186 g/mol. The number of benzene rings is 1. The number of aliphatic hydroxyl groups excluding tert-OH is 1. The molecule has 0 aliphatic carbocycles. The number of aryl methyl sites for hydroxylation is 1. The van der Waals surface area contributed by atoms with Gasteiger partial charge in [-0.3, -0.25) is 0 Å². The van der Waals surface area contributed by atoms with Crippen LogP contribution in [0.3, 0.4) is 0 Å². The van der Waals surface area contributed by atoms with E-state index in [-0.39, 0.29) is 12.6 Å². The van der Waals surface area contributed by atoms with Crippen LogP contribution in [0.2, 0.25) is 5.02 Å². The van der Waals surface area contributed by atoms with Crippen molar-refractivity contribution < 1.29 is 5.11 Å². The molecule has 0 saturated heterocycles. The van der Waals surface area contributed by atoms with E-state index in [1.807, 2.05) is 25.1 Å². The molecule has 0 bridgehead atoms. The van der Waals surface area contributed by atoms with E-state index in [0.717, 1.165) is 11.1 Å². The molecule has 2 nitrogen and oxygen atoms in total. The predicted molar refractivity (Wildman–Crippen MR) is 50.2 cm³/mol. The summed E-state index contributed by atoms with van der Waals surface area (Å²) < 4.78 is 0. The van der Waals surface area contributed by atoms with Crippen molar-refractivity contribution in [2.24, 2.45) is 5.73 Å². The fraction of sp³-hybridized carbons (Fsp3) is 0.333. The molecule has 0 amide bonds. The standard InChI is InChI=1S/C9H12ClNO/c1-6-2-3-7(8(10)4-6)9(11)5-12/h2-4,9,12H,5,11H2,1H3/t9-/m0/s1. The van der Waals surface area contributed by atoms with Crippen molar-refractivity contribution in [3.8, 4) is 0 Å². The molecule has 66 valence electrons.